The maximum Gasteiger partial charge on any atom is 0.407 e. The lowest BCUT2D eigenvalue weighted by Crippen LogP contribution is -2.32. The van der Waals surface area contributed by atoms with Crippen LogP contribution in [0.3, 0.4) is 0 Å². The fraction of sp³-hybridized carbons (Fsp3) is 0.417. The highest BCUT2D eigenvalue weighted by Crippen LogP contribution is 2.19. The third-order valence-electron chi connectivity index (χ3n) is 1.93. The van der Waals surface area contributed by atoms with E-state index in [1.165, 1.54) is 6.07 Å². The largest absolute Gasteiger partial charge is 0.508 e. The van der Waals surface area contributed by atoms with Crippen LogP contribution >= 0.6 is 0 Å². The van der Waals surface area contributed by atoms with Crippen LogP contribution in [0.4, 0.5) is 10.5 Å². The molecule has 17 heavy (non-hydrogen) atoms. The Morgan fingerprint density at radius 1 is 1.47 bits per heavy atom. The highest BCUT2D eigenvalue weighted by molar-refractivity contribution is 5.68. The zero-order valence-electron chi connectivity index (χ0n) is 10.3. The second kappa shape index (κ2) is 4.95. The van der Waals surface area contributed by atoms with Crippen molar-refractivity contribution in [2.45, 2.75) is 32.9 Å². The predicted octanol–water partition coefficient (Wildman–Crippen LogP) is 2.00. The molecule has 0 heterocycles. The molecule has 94 valence electrons. The average molecular weight is 238 g/mol. The lowest BCUT2D eigenvalue weighted by Gasteiger charge is -2.19. The van der Waals surface area contributed by atoms with Crippen molar-refractivity contribution in [3.8, 4) is 5.75 Å². The summed E-state index contributed by atoms with van der Waals surface area (Å²) in [5.74, 6) is 0.0928. The fourth-order valence-corrected chi connectivity index (χ4v) is 1.23. The number of nitrogens with two attached hydrogens (primary N) is 1. The number of nitrogen functional groups attached to an aromatic ring is 1. The minimum Gasteiger partial charge on any atom is -0.508 e. The van der Waals surface area contributed by atoms with Gasteiger partial charge in [-0.1, -0.05) is 0 Å². The maximum atomic E-state index is 11.4. The summed E-state index contributed by atoms with van der Waals surface area (Å²) in [4.78, 5) is 11.4. The Balaban J connectivity index is 2.56. The van der Waals surface area contributed by atoms with E-state index in [1.54, 1.807) is 32.9 Å². The number of phenols is 1. The highest BCUT2D eigenvalue weighted by Gasteiger charge is 2.16. The topological polar surface area (TPSA) is 84.6 Å². The molecule has 0 spiro atoms. The molecular formula is C12H18N2O3. The zero-order chi connectivity index (χ0) is 13.1. The smallest absolute Gasteiger partial charge is 0.407 e. The van der Waals surface area contributed by atoms with Crippen molar-refractivity contribution in [3.05, 3.63) is 23.8 Å². The van der Waals surface area contributed by atoms with Gasteiger partial charge in [-0.3, -0.25) is 0 Å². The van der Waals surface area contributed by atoms with E-state index >= 15 is 0 Å². The van der Waals surface area contributed by atoms with Gasteiger partial charge in [0.1, 0.15) is 11.4 Å². The average Bonchev–Trinajstić information content (AvgIpc) is 2.17. The normalized spacial score (nSPS) is 11.0. The summed E-state index contributed by atoms with van der Waals surface area (Å²) in [5.41, 5.74) is 6.12. The Bertz CT molecular complexity index is 411. The van der Waals surface area contributed by atoms with Crippen LogP contribution < -0.4 is 11.1 Å². The van der Waals surface area contributed by atoms with E-state index in [0.29, 0.717) is 11.3 Å². The molecule has 0 saturated carbocycles. The van der Waals surface area contributed by atoms with Gasteiger partial charge in [0.05, 0.1) is 0 Å². The lowest BCUT2D eigenvalue weighted by molar-refractivity contribution is 0.0523. The van der Waals surface area contributed by atoms with Gasteiger partial charge in [0.2, 0.25) is 0 Å². The molecular weight excluding hydrogens is 220 g/mol. The van der Waals surface area contributed by atoms with Gasteiger partial charge < -0.3 is 20.9 Å². The first-order valence-electron chi connectivity index (χ1n) is 5.32. The monoisotopic (exact) mass is 238 g/mol. The second-order valence-corrected chi connectivity index (χ2v) is 4.74. The van der Waals surface area contributed by atoms with Crippen molar-refractivity contribution in [3.63, 3.8) is 0 Å². The van der Waals surface area contributed by atoms with E-state index in [4.69, 9.17) is 10.5 Å². The summed E-state index contributed by atoms with van der Waals surface area (Å²) in [6.45, 7) is 5.52. The molecule has 0 aromatic heterocycles. The molecule has 4 N–H and O–H groups in total. The Morgan fingerprint density at radius 3 is 2.71 bits per heavy atom. The number of phenolic OH excluding ortho intramolecular Hbond substituents is 1. The molecule has 1 aromatic carbocycles. The number of ether oxygens (including phenoxy) is 1. The van der Waals surface area contributed by atoms with Crippen molar-refractivity contribution in [1.29, 1.82) is 0 Å². The molecule has 0 radical (unpaired) electrons. The summed E-state index contributed by atoms with van der Waals surface area (Å²) >= 11 is 0. The lowest BCUT2D eigenvalue weighted by atomic mass is 10.2. The maximum absolute atomic E-state index is 11.4. The summed E-state index contributed by atoms with van der Waals surface area (Å²) in [6, 6.07) is 4.68. The van der Waals surface area contributed by atoms with Crippen molar-refractivity contribution in [2.75, 3.05) is 5.73 Å². The number of benzene rings is 1. The van der Waals surface area contributed by atoms with E-state index in [0.717, 1.165) is 0 Å². The van der Waals surface area contributed by atoms with Crippen LogP contribution in [0.15, 0.2) is 18.2 Å². The van der Waals surface area contributed by atoms with Gasteiger partial charge in [0.25, 0.3) is 0 Å². The molecule has 0 bridgehead atoms. The van der Waals surface area contributed by atoms with E-state index in [-0.39, 0.29) is 12.3 Å². The van der Waals surface area contributed by atoms with Gasteiger partial charge in [-0.05, 0) is 39.0 Å². The summed E-state index contributed by atoms with van der Waals surface area (Å²) in [6.07, 6.45) is -0.528. The number of hydrogen-bond donors (Lipinski definition) is 3. The summed E-state index contributed by atoms with van der Waals surface area (Å²) < 4.78 is 5.07. The molecule has 0 fully saturated rings. The molecule has 0 aliphatic rings. The molecule has 0 aliphatic heterocycles. The number of aromatic hydroxyl groups is 1. The first kappa shape index (κ1) is 13.2. The number of rotatable bonds is 2. The minimum absolute atomic E-state index is 0.0928. The molecule has 0 unspecified atom stereocenters. The van der Waals surface area contributed by atoms with E-state index in [1.807, 2.05) is 0 Å². The molecule has 5 heteroatoms. The minimum atomic E-state index is -0.540. The molecule has 1 aromatic rings. The molecule has 1 rings (SSSR count). The standard InChI is InChI=1S/C12H18N2O3/c1-12(2,3)17-11(16)14-7-8-6-9(13)4-5-10(8)15/h4-6,15H,7,13H2,1-3H3,(H,14,16). The molecule has 0 atom stereocenters. The number of alkyl carbamates (subject to hydrolysis) is 1. The Labute approximate surface area is 101 Å². The van der Waals surface area contributed by atoms with Gasteiger partial charge >= 0.3 is 6.09 Å². The number of carbonyl (C=O) groups is 1. The van der Waals surface area contributed by atoms with E-state index in [9.17, 15) is 9.90 Å². The molecule has 1 amide bonds. The fourth-order valence-electron chi connectivity index (χ4n) is 1.23. The van der Waals surface area contributed by atoms with Crippen LogP contribution in [0.5, 0.6) is 5.75 Å². The van der Waals surface area contributed by atoms with Gasteiger partial charge in [-0.25, -0.2) is 4.79 Å². The van der Waals surface area contributed by atoms with Gasteiger partial charge in [0, 0.05) is 17.8 Å². The number of nitrogens with one attached hydrogen (secondary N) is 1. The SMILES string of the molecule is CC(C)(C)OC(=O)NCc1cc(N)ccc1O. The predicted molar refractivity (Wildman–Crippen MR) is 65.6 cm³/mol. The molecule has 0 saturated heterocycles. The van der Waals surface area contributed by atoms with Crippen LogP contribution in [-0.4, -0.2) is 16.8 Å². The van der Waals surface area contributed by atoms with Gasteiger partial charge in [-0.2, -0.15) is 0 Å². The number of amides is 1. The Morgan fingerprint density at radius 2 is 2.12 bits per heavy atom. The molecule has 0 aliphatic carbocycles. The quantitative estimate of drug-likeness (QED) is 0.543. The highest BCUT2D eigenvalue weighted by atomic mass is 16.6. The van der Waals surface area contributed by atoms with Gasteiger partial charge in [-0.15, -0.1) is 0 Å². The van der Waals surface area contributed by atoms with Crippen LogP contribution in [-0.2, 0) is 11.3 Å². The second-order valence-electron chi connectivity index (χ2n) is 4.74. The van der Waals surface area contributed by atoms with Crippen molar-refractivity contribution in [1.82, 2.24) is 5.32 Å². The van der Waals surface area contributed by atoms with Crippen LogP contribution in [0.25, 0.3) is 0 Å². The van der Waals surface area contributed by atoms with Crippen molar-refractivity contribution >= 4 is 11.8 Å². The summed E-state index contributed by atoms with van der Waals surface area (Å²) in [7, 11) is 0. The van der Waals surface area contributed by atoms with E-state index < -0.39 is 11.7 Å². The number of carbonyl (C=O) groups excluding carboxylic acids is 1. The Kier molecular flexibility index (Phi) is 3.83. The van der Waals surface area contributed by atoms with Crippen LogP contribution in [0.1, 0.15) is 26.3 Å². The third kappa shape index (κ3) is 4.63. The van der Waals surface area contributed by atoms with Crippen LogP contribution in [0.2, 0.25) is 0 Å². The van der Waals surface area contributed by atoms with Crippen LogP contribution in [0, 0.1) is 0 Å². The first-order valence-corrected chi connectivity index (χ1v) is 5.32. The zero-order valence-corrected chi connectivity index (χ0v) is 10.3. The van der Waals surface area contributed by atoms with E-state index in [2.05, 4.69) is 5.32 Å². The number of anilines is 1. The first-order chi connectivity index (χ1) is 7.78. The molecule has 5 nitrogen and oxygen atoms in total. The van der Waals surface area contributed by atoms with Gasteiger partial charge in [0.15, 0.2) is 0 Å². The number of hydrogen-bond acceptors (Lipinski definition) is 4. The Hall–Kier alpha value is -1.91. The van der Waals surface area contributed by atoms with Crippen molar-refractivity contribution < 1.29 is 14.6 Å². The summed E-state index contributed by atoms with van der Waals surface area (Å²) in [5, 5.41) is 12.1. The third-order valence-corrected chi connectivity index (χ3v) is 1.93. The van der Waals surface area contributed by atoms with Crippen molar-refractivity contribution in [2.24, 2.45) is 0 Å².